The van der Waals surface area contributed by atoms with Gasteiger partial charge in [0.2, 0.25) is 12.3 Å². The van der Waals surface area contributed by atoms with Crippen molar-refractivity contribution in [3.05, 3.63) is 29.3 Å². The number of amides is 2. The minimum absolute atomic E-state index is 0.0626. The zero-order valence-corrected chi connectivity index (χ0v) is 19.8. The second-order valence-electron chi connectivity index (χ2n) is 8.98. The number of aliphatic hydroxyl groups is 1. The number of piperidine rings is 1. The number of halogens is 3. The molecule has 2 amide bonds. The average Bonchev–Trinajstić information content (AvgIpc) is 2.73. The van der Waals surface area contributed by atoms with Gasteiger partial charge in [0.25, 0.3) is 0 Å². The molecule has 9 heteroatoms. The summed E-state index contributed by atoms with van der Waals surface area (Å²) in [5, 5.41) is 14.5. The van der Waals surface area contributed by atoms with Crippen LogP contribution in [-0.4, -0.2) is 60.3 Å². The molecule has 33 heavy (non-hydrogen) atoms. The Hall–Kier alpha value is -2.13. The van der Waals surface area contributed by atoms with E-state index >= 15 is 0 Å². The van der Waals surface area contributed by atoms with Crippen LogP contribution in [0, 0.1) is 6.92 Å². The molecular formula is C24H35F3N2O4. The fourth-order valence-electron chi connectivity index (χ4n) is 5.40. The van der Waals surface area contributed by atoms with Crippen LogP contribution in [0.1, 0.15) is 63.5 Å². The normalized spacial score (nSPS) is 26.1. The van der Waals surface area contributed by atoms with Crippen LogP contribution in [0.2, 0.25) is 0 Å². The molecule has 186 valence electrons. The number of aryl methyl sites for hydroxylation is 1. The Morgan fingerprint density at radius 3 is 2.67 bits per heavy atom. The molecule has 0 aliphatic carbocycles. The minimum Gasteiger partial charge on any atom is -0.497 e. The zero-order chi connectivity index (χ0) is 24.9. The fourth-order valence-corrected chi connectivity index (χ4v) is 5.40. The number of nitrogens with one attached hydrogen (secondary N) is 1. The van der Waals surface area contributed by atoms with E-state index in [2.05, 4.69) is 5.32 Å². The van der Waals surface area contributed by atoms with Crippen molar-refractivity contribution in [1.29, 1.82) is 0 Å². The number of imide groups is 1. The van der Waals surface area contributed by atoms with Crippen LogP contribution in [-0.2, 0) is 15.0 Å². The van der Waals surface area contributed by atoms with Gasteiger partial charge < -0.3 is 9.84 Å². The molecule has 6 nitrogen and oxygen atoms in total. The number of ether oxygens (including phenoxy) is 1. The Kier molecular flexibility index (Phi) is 8.93. The second-order valence-corrected chi connectivity index (χ2v) is 8.98. The van der Waals surface area contributed by atoms with Crippen molar-refractivity contribution in [2.24, 2.45) is 0 Å². The minimum atomic E-state index is -4.23. The van der Waals surface area contributed by atoms with E-state index in [0.717, 1.165) is 11.1 Å². The van der Waals surface area contributed by atoms with Crippen molar-refractivity contribution in [3.63, 3.8) is 0 Å². The Morgan fingerprint density at radius 1 is 1.39 bits per heavy atom. The molecule has 3 atom stereocenters. The first-order valence-electron chi connectivity index (χ1n) is 11.4. The van der Waals surface area contributed by atoms with Gasteiger partial charge in [0.15, 0.2) is 0 Å². The third-order valence-electron chi connectivity index (χ3n) is 7.07. The summed E-state index contributed by atoms with van der Waals surface area (Å²) in [6.45, 7) is 6.23. The molecule has 1 saturated heterocycles. The monoisotopic (exact) mass is 472 g/mol. The van der Waals surface area contributed by atoms with Crippen LogP contribution >= 0.6 is 0 Å². The molecule has 2 rings (SSSR count). The second kappa shape index (κ2) is 10.9. The van der Waals surface area contributed by atoms with E-state index in [1.165, 1.54) is 7.11 Å². The van der Waals surface area contributed by atoms with Crippen LogP contribution in [0.25, 0.3) is 0 Å². The van der Waals surface area contributed by atoms with Crippen LogP contribution in [0.5, 0.6) is 5.75 Å². The van der Waals surface area contributed by atoms with Crippen molar-refractivity contribution in [3.8, 4) is 5.75 Å². The number of methoxy groups -OCH3 is 1. The maximum Gasteiger partial charge on any atom is 0.389 e. The van der Waals surface area contributed by atoms with Gasteiger partial charge in [-0.3, -0.25) is 19.8 Å². The standard InChI is InChI=1S/C24H35F3N2O4/c1-5-9-23(32)18(3)29(12-6-10-24(25,26)27)13-11-22(23,15-21(31)28-16-30)20-14-19(33-4)8-7-17(20)2/h7-8,14,16,18,32H,5-6,9-13,15H2,1-4H3,(H,28,30,31). The lowest BCUT2D eigenvalue weighted by Crippen LogP contribution is -2.68. The third kappa shape index (κ3) is 5.87. The van der Waals surface area contributed by atoms with Gasteiger partial charge in [-0.1, -0.05) is 19.4 Å². The number of hydrogen-bond acceptors (Lipinski definition) is 5. The van der Waals surface area contributed by atoms with Gasteiger partial charge in [-0.15, -0.1) is 0 Å². The smallest absolute Gasteiger partial charge is 0.389 e. The lowest BCUT2D eigenvalue weighted by molar-refractivity contribution is -0.156. The number of hydrogen-bond donors (Lipinski definition) is 2. The molecule has 1 heterocycles. The molecule has 1 aliphatic heterocycles. The Labute approximate surface area is 193 Å². The Bertz CT molecular complexity index is 832. The summed E-state index contributed by atoms with van der Waals surface area (Å²) in [5.41, 5.74) is -0.854. The summed E-state index contributed by atoms with van der Waals surface area (Å²) >= 11 is 0. The number of likely N-dealkylation sites (tertiary alicyclic amines) is 1. The molecule has 0 spiro atoms. The third-order valence-corrected chi connectivity index (χ3v) is 7.07. The highest BCUT2D eigenvalue weighted by Gasteiger charge is 2.59. The highest BCUT2D eigenvalue weighted by molar-refractivity contribution is 5.87. The van der Waals surface area contributed by atoms with Crippen LogP contribution in [0.4, 0.5) is 13.2 Å². The summed E-state index contributed by atoms with van der Waals surface area (Å²) in [5.74, 6) is 0.0596. The number of nitrogens with zero attached hydrogens (tertiary/aromatic N) is 1. The first kappa shape index (κ1) is 27.1. The number of carbonyl (C=O) groups is 2. The van der Waals surface area contributed by atoms with Crippen molar-refractivity contribution in [1.82, 2.24) is 10.2 Å². The van der Waals surface area contributed by atoms with Gasteiger partial charge in [-0.25, -0.2) is 0 Å². The predicted octanol–water partition coefficient (Wildman–Crippen LogP) is 3.87. The first-order valence-corrected chi connectivity index (χ1v) is 11.4. The topological polar surface area (TPSA) is 78.9 Å². The van der Waals surface area contributed by atoms with E-state index in [4.69, 9.17) is 4.74 Å². The van der Waals surface area contributed by atoms with Crippen LogP contribution < -0.4 is 10.1 Å². The van der Waals surface area contributed by atoms with E-state index in [1.54, 1.807) is 6.07 Å². The highest BCUT2D eigenvalue weighted by atomic mass is 19.4. The largest absolute Gasteiger partial charge is 0.497 e. The number of rotatable bonds is 10. The molecule has 0 radical (unpaired) electrons. The fraction of sp³-hybridized carbons (Fsp3) is 0.667. The van der Waals surface area contributed by atoms with Crippen LogP contribution in [0.15, 0.2) is 18.2 Å². The maximum absolute atomic E-state index is 12.7. The summed E-state index contributed by atoms with van der Waals surface area (Å²) in [4.78, 5) is 25.5. The van der Waals surface area contributed by atoms with Gasteiger partial charge in [-0.2, -0.15) is 13.2 Å². The van der Waals surface area contributed by atoms with Crippen molar-refractivity contribution < 1.29 is 32.6 Å². The van der Waals surface area contributed by atoms with Crippen molar-refractivity contribution in [2.75, 3.05) is 20.2 Å². The Balaban J connectivity index is 2.56. The van der Waals surface area contributed by atoms with E-state index in [-0.39, 0.29) is 19.4 Å². The number of benzene rings is 1. The lowest BCUT2D eigenvalue weighted by Gasteiger charge is -2.58. The molecule has 0 saturated carbocycles. The van der Waals surface area contributed by atoms with E-state index < -0.39 is 35.6 Å². The van der Waals surface area contributed by atoms with Gasteiger partial charge in [0.05, 0.1) is 12.7 Å². The van der Waals surface area contributed by atoms with Gasteiger partial charge in [0.1, 0.15) is 5.75 Å². The molecule has 0 aromatic heterocycles. The average molecular weight is 473 g/mol. The number of carbonyl (C=O) groups excluding carboxylic acids is 2. The van der Waals surface area contributed by atoms with Gasteiger partial charge in [-0.05, 0) is 69.5 Å². The van der Waals surface area contributed by atoms with Crippen molar-refractivity contribution >= 4 is 12.3 Å². The van der Waals surface area contributed by atoms with E-state index in [1.807, 2.05) is 37.8 Å². The molecule has 1 fully saturated rings. The molecule has 2 N–H and O–H groups in total. The first-order chi connectivity index (χ1) is 15.4. The zero-order valence-electron chi connectivity index (χ0n) is 19.8. The lowest BCUT2D eigenvalue weighted by atomic mass is 9.56. The van der Waals surface area contributed by atoms with E-state index in [9.17, 15) is 27.9 Å². The molecule has 0 bridgehead atoms. The summed E-state index contributed by atoms with van der Waals surface area (Å²) in [7, 11) is 1.53. The molecular weight excluding hydrogens is 437 g/mol. The van der Waals surface area contributed by atoms with Crippen LogP contribution in [0.3, 0.4) is 0 Å². The highest BCUT2D eigenvalue weighted by Crippen LogP contribution is 2.52. The molecule has 1 aromatic rings. The van der Waals surface area contributed by atoms with Crippen molar-refractivity contribution in [2.45, 2.75) is 82.5 Å². The predicted molar refractivity (Wildman–Crippen MR) is 119 cm³/mol. The summed E-state index contributed by atoms with van der Waals surface area (Å²) in [6, 6.07) is 4.97. The molecule has 1 aromatic carbocycles. The van der Waals surface area contributed by atoms with Gasteiger partial charge >= 0.3 is 6.18 Å². The maximum atomic E-state index is 12.7. The summed E-state index contributed by atoms with van der Waals surface area (Å²) in [6.07, 6.45) is -3.68. The number of alkyl halides is 3. The van der Waals surface area contributed by atoms with E-state index in [0.29, 0.717) is 38.0 Å². The van der Waals surface area contributed by atoms with Gasteiger partial charge in [0, 0.05) is 24.3 Å². The molecule has 1 aliphatic rings. The molecule has 3 unspecified atom stereocenters. The SMILES string of the molecule is CCCC1(O)C(C)N(CCCC(F)(F)F)CCC1(CC(=O)NC=O)c1cc(OC)ccc1C. The summed E-state index contributed by atoms with van der Waals surface area (Å²) < 4.78 is 43.5. The quantitative estimate of drug-likeness (QED) is 0.506. The Morgan fingerprint density at radius 2 is 2.09 bits per heavy atom.